The van der Waals surface area contributed by atoms with Crippen LogP contribution in [0.15, 0.2) is 54.6 Å². The van der Waals surface area contributed by atoms with Crippen molar-refractivity contribution in [3.8, 4) is 47.3 Å². The van der Waals surface area contributed by atoms with E-state index in [0.717, 1.165) is 0 Å². The van der Waals surface area contributed by atoms with Crippen LogP contribution in [-0.2, 0) is 0 Å². The van der Waals surface area contributed by atoms with E-state index in [1.807, 2.05) is 24.3 Å². The van der Waals surface area contributed by atoms with E-state index in [2.05, 4.69) is 0 Å². The molecule has 0 unspecified atom stereocenters. The zero-order valence-corrected chi connectivity index (χ0v) is 15.3. The molecular formula is C23H12N4O2. The molecule has 0 radical (unpaired) electrons. The number of benzene rings is 3. The largest absolute Gasteiger partial charge is 0.456 e. The summed E-state index contributed by atoms with van der Waals surface area (Å²) < 4.78 is 11.8. The van der Waals surface area contributed by atoms with E-state index in [9.17, 15) is 10.5 Å². The highest BCUT2D eigenvalue weighted by Crippen LogP contribution is 2.36. The van der Waals surface area contributed by atoms with Gasteiger partial charge in [0, 0.05) is 5.56 Å². The third-order valence-electron chi connectivity index (χ3n) is 4.19. The van der Waals surface area contributed by atoms with Gasteiger partial charge in [0.15, 0.2) is 0 Å². The Morgan fingerprint density at radius 2 is 0.931 bits per heavy atom. The predicted molar refractivity (Wildman–Crippen MR) is 103 cm³/mol. The first-order valence-corrected chi connectivity index (χ1v) is 8.44. The van der Waals surface area contributed by atoms with Crippen molar-refractivity contribution in [3.63, 3.8) is 0 Å². The topological polar surface area (TPSA) is 114 Å². The molecule has 0 heterocycles. The van der Waals surface area contributed by atoms with Crippen LogP contribution >= 0.6 is 0 Å². The monoisotopic (exact) mass is 376 g/mol. The summed E-state index contributed by atoms with van der Waals surface area (Å²) >= 11 is 0. The van der Waals surface area contributed by atoms with Crippen LogP contribution in [0, 0.1) is 52.2 Å². The Balaban J connectivity index is 2.00. The minimum Gasteiger partial charge on any atom is -0.456 e. The summed E-state index contributed by atoms with van der Waals surface area (Å²) in [5, 5.41) is 37.1. The average Bonchev–Trinajstić information content (AvgIpc) is 2.75. The Hall–Kier alpha value is -4.78. The van der Waals surface area contributed by atoms with Crippen molar-refractivity contribution < 1.29 is 9.47 Å². The second kappa shape index (κ2) is 8.28. The summed E-state index contributed by atoms with van der Waals surface area (Å²) in [6, 6.07) is 22.6. The molecule has 0 atom stereocenters. The summed E-state index contributed by atoms with van der Waals surface area (Å²) in [6.45, 7) is 1.77. The minimum absolute atomic E-state index is 0.147. The molecule has 0 aliphatic heterocycles. The minimum atomic E-state index is 0.147. The lowest BCUT2D eigenvalue weighted by atomic mass is 10.1. The average molecular weight is 376 g/mol. The third kappa shape index (κ3) is 3.69. The Morgan fingerprint density at radius 1 is 0.552 bits per heavy atom. The number of nitriles is 4. The van der Waals surface area contributed by atoms with Crippen LogP contribution in [0.2, 0.25) is 0 Å². The van der Waals surface area contributed by atoms with E-state index in [1.54, 1.807) is 61.5 Å². The van der Waals surface area contributed by atoms with Gasteiger partial charge in [-0.2, -0.15) is 21.0 Å². The van der Waals surface area contributed by atoms with Gasteiger partial charge in [-0.25, -0.2) is 0 Å². The molecule has 0 saturated heterocycles. The fourth-order valence-corrected chi connectivity index (χ4v) is 2.70. The maximum Gasteiger partial charge on any atom is 0.146 e. The summed E-state index contributed by atoms with van der Waals surface area (Å²) in [4.78, 5) is 0. The molecule has 0 aliphatic rings. The van der Waals surface area contributed by atoms with Gasteiger partial charge in [-0.3, -0.25) is 0 Å². The summed E-state index contributed by atoms with van der Waals surface area (Å²) in [5.41, 5.74) is 1.37. The molecule has 0 spiro atoms. The molecule has 0 fully saturated rings. The normalized spacial score (nSPS) is 9.41. The van der Waals surface area contributed by atoms with Gasteiger partial charge in [0.05, 0.1) is 11.1 Å². The highest BCUT2D eigenvalue weighted by atomic mass is 16.5. The van der Waals surface area contributed by atoms with Crippen LogP contribution in [0.3, 0.4) is 0 Å². The quantitative estimate of drug-likeness (QED) is 0.628. The van der Waals surface area contributed by atoms with E-state index in [-0.39, 0.29) is 33.8 Å². The van der Waals surface area contributed by atoms with Crippen molar-refractivity contribution >= 4 is 0 Å². The predicted octanol–water partition coefficient (Wildman–Crippen LogP) is 5.07. The number of nitrogens with zero attached hydrogens (tertiary/aromatic N) is 4. The lowest BCUT2D eigenvalue weighted by molar-refractivity contribution is 0.452. The molecule has 3 aromatic rings. The van der Waals surface area contributed by atoms with Crippen molar-refractivity contribution in [3.05, 3.63) is 82.4 Å². The highest BCUT2D eigenvalue weighted by Gasteiger charge is 2.15. The first-order chi connectivity index (χ1) is 14.1. The van der Waals surface area contributed by atoms with Gasteiger partial charge < -0.3 is 9.47 Å². The zero-order valence-electron chi connectivity index (χ0n) is 15.3. The molecule has 0 aliphatic carbocycles. The molecule has 0 aromatic heterocycles. The van der Waals surface area contributed by atoms with Crippen LogP contribution in [0.25, 0.3) is 0 Å². The Morgan fingerprint density at radius 3 is 1.31 bits per heavy atom. The summed E-state index contributed by atoms with van der Waals surface area (Å²) in [6.07, 6.45) is 0. The van der Waals surface area contributed by atoms with Crippen molar-refractivity contribution in [1.82, 2.24) is 0 Å². The van der Waals surface area contributed by atoms with Crippen LogP contribution in [0.5, 0.6) is 23.0 Å². The van der Waals surface area contributed by atoms with Gasteiger partial charge in [-0.05, 0) is 43.3 Å². The number of rotatable bonds is 4. The molecule has 6 heteroatoms. The van der Waals surface area contributed by atoms with Crippen molar-refractivity contribution in [2.75, 3.05) is 0 Å². The molecule has 3 aromatic carbocycles. The number of hydrogen-bond acceptors (Lipinski definition) is 6. The van der Waals surface area contributed by atoms with Crippen LogP contribution in [0.4, 0.5) is 0 Å². The van der Waals surface area contributed by atoms with E-state index in [4.69, 9.17) is 20.0 Å². The highest BCUT2D eigenvalue weighted by molar-refractivity contribution is 5.58. The summed E-state index contributed by atoms with van der Waals surface area (Å²) in [7, 11) is 0. The first kappa shape index (κ1) is 19.0. The van der Waals surface area contributed by atoms with Gasteiger partial charge in [-0.15, -0.1) is 0 Å². The molecule has 3 rings (SSSR count). The van der Waals surface area contributed by atoms with Crippen LogP contribution in [-0.4, -0.2) is 0 Å². The molecule has 29 heavy (non-hydrogen) atoms. The van der Waals surface area contributed by atoms with Crippen molar-refractivity contribution in [2.45, 2.75) is 6.92 Å². The molecule has 0 amide bonds. The first-order valence-electron chi connectivity index (χ1n) is 8.44. The van der Waals surface area contributed by atoms with E-state index in [1.165, 1.54) is 0 Å². The maximum atomic E-state index is 9.37. The van der Waals surface area contributed by atoms with Gasteiger partial charge in [0.25, 0.3) is 0 Å². The van der Waals surface area contributed by atoms with Gasteiger partial charge in [0.2, 0.25) is 0 Å². The van der Waals surface area contributed by atoms with Crippen molar-refractivity contribution in [1.29, 1.82) is 21.0 Å². The molecular weight excluding hydrogens is 364 g/mol. The molecule has 0 saturated carbocycles. The van der Waals surface area contributed by atoms with Crippen molar-refractivity contribution in [2.24, 2.45) is 0 Å². The van der Waals surface area contributed by atoms with E-state index >= 15 is 0 Å². The van der Waals surface area contributed by atoms with E-state index < -0.39 is 0 Å². The summed E-state index contributed by atoms with van der Waals surface area (Å²) in [5.74, 6) is 1.39. The standard InChI is InChI=1S/C23H12N4O2/c1-15-20(28-22-9-2-5-16(11-24)18(22)13-26)7-4-8-21(15)29-23-10-3-6-17(12-25)19(23)14-27/h2-10H,1H3. The lowest BCUT2D eigenvalue weighted by Gasteiger charge is -2.15. The van der Waals surface area contributed by atoms with Gasteiger partial charge in [-0.1, -0.05) is 18.2 Å². The maximum absolute atomic E-state index is 9.37. The molecule has 6 nitrogen and oxygen atoms in total. The fraction of sp³-hybridized carbons (Fsp3) is 0.0435. The Kier molecular flexibility index (Phi) is 5.42. The van der Waals surface area contributed by atoms with Gasteiger partial charge in [0.1, 0.15) is 58.4 Å². The SMILES string of the molecule is Cc1c(Oc2cccc(C#N)c2C#N)cccc1Oc1cccc(C#N)c1C#N. The second-order valence-corrected chi connectivity index (χ2v) is 5.89. The molecule has 0 N–H and O–H groups in total. The number of ether oxygens (including phenoxy) is 2. The fourth-order valence-electron chi connectivity index (χ4n) is 2.70. The zero-order chi connectivity index (χ0) is 20.8. The molecule has 0 bridgehead atoms. The number of hydrogen-bond donors (Lipinski definition) is 0. The van der Waals surface area contributed by atoms with E-state index in [0.29, 0.717) is 17.1 Å². The molecule has 136 valence electrons. The Labute approximate surface area is 167 Å². The van der Waals surface area contributed by atoms with Crippen LogP contribution in [0.1, 0.15) is 27.8 Å². The lowest BCUT2D eigenvalue weighted by Crippen LogP contribution is -1.96. The Bertz CT molecular complexity index is 1170. The smallest absolute Gasteiger partial charge is 0.146 e. The van der Waals surface area contributed by atoms with Crippen LogP contribution < -0.4 is 9.47 Å². The van der Waals surface area contributed by atoms with Gasteiger partial charge >= 0.3 is 0 Å². The third-order valence-corrected chi connectivity index (χ3v) is 4.19. The second-order valence-electron chi connectivity index (χ2n) is 5.89.